The van der Waals surface area contributed by atoms with Gasteiger partial charge in [-0.15, -0.1) is 0 Å². The van der Waals surface area contributed by atoms with Gasteiger partial charge in [-0.05, 0) is 50.0 Å². The number of likely N-dealkylation sites (tertiary alicyclic amines) is 1. The van der Waals surface area contributed by atoms with E-state index >= 15 is 0 Å². The Hall–Kier alpha value is -0.860. The first-order valence-corrected chi connectivity index (χ1v) is 8.72. The van der Waals surface area contributed by atoms with Gasteiger partial charge in [0.2, 0.25) is 0 Å². The molecular formula is C19H30N2. The first-order valence-electron chi connectivity index (χ1n) is 8.72. The average Bonchev–Trinajstić information content (AvgIpc) is 2.93. The van der Waals surface area contributed by atoms with Crippen molar-refractivity contribution in [2.45, 2.75) is 51.5 Å². The number of hydrogen-bond donors (Lipinski definition) is 1. The van der Waals surface area contributed by atoms with Gasteiger partial charge in [-0.25, -0.2) is 0 Å². The maximum atomic E-state index is 6.33. The molecule has 1 aromatic carbocycles. The summed E-state index contributed by atoms with van der Waals surface area (Å²) in [5.74, 6) is 1.67. The molecule has 0 amide bonds. The molecule has 1 saturated heterocycles. The molecular weight excluding hydrogens is 256 g/mol. The number of piperidine rings is 1. The molecule has 2 N–H and O–H groups in total. The third-order valence-corrected chi connectivity index (χ3v) is 5.28. The Labute approximate surface area is 129 Å². The van der Waals surface area contributed by atoms with Gasteiger partial charge in [-0.3, -0.25) is 0 Å². The molecule has 0 bridgehead atoms. The fraction of sp³-hybridized carbons (Fsp3) is 0.684. The van der Waals surface area contributed by atoms with E-state index in [0.717, 1.165) is 18.4 Å². The van der Waals surface area contributed by atoms with Gasteiger partial charge < -0.3 is 10.6 Å². The largest absolute Gasteiger partial charge is 0.327 e. The second kappa shape index (κ2) is 6.93. The molecule has 21 heavy (non-hydrogen) atoms. The van der Waals surface area contributed by atoms with Crippen LogP contribution in [0.5, 0.6) is 0 Å². The molecule has 1 heterocycles. The third kappa shape index (κ3) is 4.31. The molecule has 3 rings (SSSR count). The van der Waals surface area contributed by atoms with E-state index in [0.29, 0.717) is 6.04 Å². The van der Waals surface area contributed by atoms with E-state index in [1.807, 2.05) is 0 Å². The molecule has 2 aliphatic rings. The van der Waals surface area contributed by atoms with Crippen molar-refractivity contribution >= 4 is 0 Å². The van der Waals surface area contributed by atoms with E-state index in [1.165, 1.54) is 62.7 Å². The van der Waals surface area contributed by atoms with Gasteiger partial charge in [0.15, 0.2) is 0 Å². The summed E-state index contributed by atoms with van der Waals surface area (Å²) in [5.41, 5.74) is 9.15. The van der Waals surface area contributed by atoms with Gasteiger partial charge in [0, 0.05) is 25.7 Å². The van der Waals surface area contributed by atoms with Crippen LogP contribution in [-0.4, -0.2) is 30.6 Å². The van der Waals surface area contributed by atoms with Crippen LogP contribution < -0.4 is 5.73 Å². The minimum absolute atomic E-state index is 0.371. The monoisotopic (exact) mass is 286 g/mol. The van der Waals surface area contributed by atoms with Crippen LogP contribution in [0.4, 0.5) is 0 Å². The van der Waals surface area contributed by atoms with Crippen molar-refractivity contribution in [1.29, 1.82) is 0 Å². The smallest absolute Gasteiger partial charge is 0.0171 e. The number of benzene rings is 1. The lowest BCUT2D eigenvalue weighted by atomic mass is 9.88. The van der Waals surface area contributed by atoms with E-state index in [4.69, 9.17) is 5.73 Å². The Kier molecular flexibility index (Phi) is 4.97. The zero-order valence-electron chi connectivity index (χ0n) is 13.4. The molecule has 2 unspecified atom stereocenters. The van der Waals surface area contributed by atoms with Gasteiger partial charge in [0.25, 0.3) is 0 Å². The summed E-state index contributed by atoms with van der Waals surface area (Å²) in [5, 5.41) is 0. The molecule has 2 nitrogen and oxygen atoms in total. The number of aryl methyl sites for hydroxylation is 1. The highest BCUT2D eigenvalue weighted by atomic mass is 15.2. The lowest BCUT2D eigenvalue weighted by Gasteiger charge is -2.37. The van der Waals surface area contributed by atoms with E-state index < -0.39 is 0 Å². The maximum absolute atomic E-state index is 6.33. The predicted molar refractivity (Wildman–Crippen MR) is 89.4 cm³/mol. The maximum Gasteiger partial charge on any atom is 0.0171 e. The van der Waals surface area contributed by atoms with Gasteiger partial charge in [-0.1, -0.05) is 42.7 Å². The third-order valence-electron chi connectivity index (χ3n) is 5.28. The Morgan fingerprint density at radius 2 is 1.76 bits per heavy atom. The highest BCUT2D eigenvalue weighted by Crippen LogP contribution is 2.28. The van der Waals surface area contributed by atoms with Crippen LogP contribution in [0.1, 0.15) is 43.2 Å². The molecule has 1 saturated carbocycles. The molecule has 0 aromatic heterocycles. The Morgan fingerprint density at radius 3 is 2.48 bits per heavy atom. The number of hydrogen-bond acceptors (Lipinski definition) is 2. The van der Waals surface area contributed by atoms with Crippen molar-refractivity contribution in [2.24, 2.45) is 17.6 Å². The van der Waals surface area contributed by atoms with Crippen molar-refractivity contribution in [3.63, 3.8) is 0 Å². The molecule has 2 atom stereocenters. The summed E-state index contributed by atoms with van der Waals surface area (Å²) in [6, 6.07) is 9.41. The highest BCUT2D eigenvalue weighted by Gasteiger charge is 2.27. The van der Waals surface area contributed by atoms with Crippen molar-refractivity contribution in [3.05, 3.63) is 35.4 Å². The summed E-state index contributed by atoms with van der Waals surface area (Å²) < 4.78 is 0. The zero-order chi connectivity index (χ0) is 14.7. The minimum atomic E-state index is 0.371. The first kappa shape index (κ1) is 15.1. The second-order valence-electron chi connectivity index (χ2n) is 7.42. The second-order valence-corrected chi connectivity index (χ2v) is 7.42. The van der Waals surface area contributed by atoms with Crippen LogP contribution in [-0.2, 0) is 6.42 Å². The van der Waals surface area contributed by atoms with Crippen LogP contribution in [0, 0.1) is 18.8 Å². The van der Waals surface area contributed by atoms with Crippen LogP contribution >= 0.6 is 0 Å². The molecule has 116 valence electrons. The summed E-state index contributed by atoms with van der Waals surface area (Å²) in [6.07, 6.45) is 8.14. The number of nitrogens with two attached hydrogens (primary N) is 1. The fourth-order valence-corrected chi connectivity index (χ4v) is 4.26. The molecule has 2 heteroatoms. The van der Waals surface area contributed by atoms with Crippen LogP contribution in [0.2, 0.25) is 0 Å². The molecule has 1 aliphatic heterocycles. The summed E-state index contributed by atoms with van der Waals surface area (Å²) >= 11 is 0. The van der Waals surface area contributed by atoms with Crippen molar-refractivity contribution < 1.29 is 0 Å². The Morgan fingerprint density at radius 1 is 1.05 bits per heavy atom. The van der Waals surface area contributed by atoms with Crippen molar-refractivity contribution in [1.82, 2.24) is 4.90 Å². The average molecular weight is 286 g/mol. The van der Waals surface area contributed by atoms with Crippen LogP contribution in [0.25, 0.3) is 0 Å². The summed E-state index contributed by atoms with van der Waals surface area (Å²) in [7, 11) is 0. The number of nitrogens with zero attached hydrogens (tertiary/aromatic N) is 1. The molecule has 2 fully saturated rings. The quantitative estimate of drug-likeness (QED) is 0.919. The van der Waals surface area contributed by atoms with Gasteiger partial charge >= 0.3 is 0 Å². The van der Waals surface area contributed by atoms with E-state index in [9.17, 15) is 0 Å². The lowest BCUT2D eigenvalue weighted by molar-refractivity contribution is 0.136. The predicted octanol–water partition coefficient (Wildman–Crippen LogP) is 3.38. The highest BCUT2D eigenvalue weighted by molar-refractivity contribution is 5.21. The first-order chi connectivity index (χ1) is 10.2. The lowest BCUT2D eigenvalue weighted by Crippen LogP contribution is -2.48. The topological polar surface area (TPSA) is 29.3 Å². The molecule has 1 aliphatic carbocycles. The Balaban J connectivity index is 1.55. The van der Waals surface area contributed by atoms with Crippen LogP contribution in [0.15, 0.2) is 24.3 Å². The fourth-order valence-electron chi connectivity index (χ4n) is 4.26. The molecule has 0 radical (unpaired) electrons. The minimum Gasteiger partial charge on any atom is -0.327 e. The van der Waals surface area contributed by atoms with Crippen molar-refractivity contribution in [2.75, 3.05) is 19.6 Å². The van der Waals surface area contributed by atoms with E-state index in [2.05, 4.69) is 36.1 Å². The normalized spacial score (nSPS) is 28.1. The summed E-state index contributed by atoms with van der Waals surface area (Å²) in [6.45, 7) is 5.81. The standard InChI is InChI=1S/C19H30N2/c1-15-6-8-16(9-7-15)10-18-11-19(20)14-21(13-18)12-17-4-2-3-5-17/h6-9,17-19H,2-5,10-14,20H2,1H3. The molecule has 1 aromatic rings. The van der Waals surface area contributed by atoms with Gasteiger partial charge in [-0.2, -0.15) is 0 Å². The van der Waals surface area contributed by atoms with Crippen molar-refractivity contribution in [3.8, 4) is 0 Å². The van der Waals surface area contributed by atoms with Crippen LogP contribution in [0.3, 0.4) is 0 Å². The summed E-state index contributed by atoms with van der Waals surface area (Å²) in [4.78, 5) is 2.66. The van der Waals surface area contributed by atoms with E-state index in [1.54, 1.807) is 0 Å². The SMILES string of the molecule is Cc1ccc(CC2CC(N)CN(CC3CCCC3)C2)cc1. The van der Waals surface area contributed by atoms with Gasteiger partial charge in [0.05, 0.1) is 0 Å². The Bertz CT molecular complexity index is 433. The molecule has 0 spiro atoms. The number of rotatable bonds is 4. The zero-order valence-corrected chi connectivity index (χ0v) is 13.4. The van der Waals surface area contributed by atoms with E-state index in [-0.39, 0.29) is 0 Å². The van der Waals surface area contributed by atoms with Gasteiger partial charge in [0.1, 0.15) is 0 Å².